The number of aromatic nitrogens is 2. The van der Waals surface area contributed by atoms with Crippen molar-refractivity contribution in [2.45, 2.75) is 0 Å². The van der Waals surface area contributed by atoms with Gasteiger partial charge in [0.25, 0.3) is 5.91 Å². The molecular formula is C12H15N5O. The Morgan fingerprint density at radius 3 is 2.72 bits per heavy atom. The summed E-state index contributed by atoms with van der Waals surface area (Å²) >= 11 is 0. The van der Waals surface area contributed by atoms with Crippen LogP contribution in [0.5, 0.6) is 0 Å². The summed E-state index contributed by atoms with van der Waals surface area (Å²) in [7, 11) is 3.35. The number of nitrogens with zero attached hydrogens (tertiary/aromatic N) is 4. The second-order valence-corrected chi connectivity index (χ2v) is 4.17. The quantitative estimate of drug-likeness (QED) is 0.814. The van der Waals surface area contributed by atoms with Crippen molar-refractivity contribution in [3.05, 3.63) is 42.1 Å². The molecule has 0 bridgehead atoms. The monoisotopic (exact) mass is 245 g/mol. The lowest BCUT2D eigenvalue weighted by atomic mass is 10.3. The highest BCUT2D eigenvalue weighted by atomic mass is 16.2. The first-order valence-corrected chi connectivity index (χ1v) is 5.51. The van der Waals surface area contributed by atoms with Crippen molar-refractivity contribution < 1.29 is 4.79 Å². The van der Waals surface area contributed by atoms with Gasteiger partial charge in [0.15, 0.2) is 5.82 Å². The van der Waals surface area contributed by atoms with Crippen molar-refractivity contribution >= 4 is 11.7 Å². The van der Waals surface area contributed by atoms with Gasteiger partial charge in [0.2, 0.25) is 0 Å². The van der Waals surface area contributed by atoms with E-state index in [1.807, 2.05) is 23.3 Å². The van der Waals surface area contributed by atoms with Gasteiger partial charge in [-0.3, -0.25) is 4.79 Å². The number of carbonyl (C=O) groups excluding carboxylic acids is 1. The van der Waals surface area contributed by atoms with Crippen molar-refractivity contribution in [1.29, 1.82) is 0 Å². The number of nitrogens with two attached hydrogens (primary N) is 1. The Bertz CT molecular complexity index is 504. The maximum Gasteiger partial charge on any atom is 0.273 e. The van der Waals surface area contributed by atoms with Crippen LogP contribution in [0.4, 0.5) is 5.82 Å². The molecule has 18 heavy (non-hydrogen) atoms. The van der Waals surface area contributed by atoms with Gasteiger partial charge in [-0.1, -0.05) is 0 Å². The third-order valence-corrected chi connectivity index (χ3v) is 2.49. The zero-order chi connectivity index (χ0) is 13.1. The first-order chi connectivity index (χ1) is 8.58. The van der Waals surface area contributed by atoms with Crippen molar-refractivity contribution in [3.8, 4) is 0 Å². The molecule has 1 aromatic rings. The molecule has 0 atom stereocenters. The molecule has 0 fully saturated rings. The predicted octanol–water partition coefficient (Wildman–Crippen LogP) is 0.355. The van der Waals surface area contributed by atoms with E-state index < -0.39 is 0 Å². The second-order valence-electron chi connectivity index (χ2n) is 4.17. The first kappa shape index (κ1) is 12.1. The number of anilines is 1. The lowest BCUT2D eigenvalue weighted by molar-refractivity contribution is 0.0821. The average Bonchev–Trinajstić information content (AvgIpc) is 2.38. The van der Waals surface area contributed by atoms with Gasteiger partial charge >= 0.3 is 0 Å². The van der Waals surface area contributed by atoms with Gasteiger partial charge in [-0.05, 0) is 12.2 Å². The van der Waals surface area contributed by atoms with Crippen LogP contribution in [0.15, 0.2) is 36.4 Å². The highest BCUT2D eigenvalue weighted by Crippen LogP contribution is 2.13. The van der Waals surface area contributed by atoms with Crippen LogP contribution in [0.25, 0.3) is 0 Å². The minimum atomic E-state index is -0.164. The maximum atomic E-state index is 11.7. The van der Waals surface area contributed by atoms with E-state index in [1.54, 1.807) is 20.3 Å². The molecule has 1 aliphatic rings. The standard InChI is InChI=1S/C12H15N5O/c1-16(2)12(18)10-6-15-11(7-14-10)17-5-3-4-9(13)8-17/h3-7H,8,13H2,1-2H3. The SMILES string of the molecule is CN(C)C(=O)c1cnc(N2C=CC=C(N)C2)cn1. The van der Waals surface area contributed by atoms with Crippen molar-refractivity contribution in [2.75, 3.05) is 25.5 Å². The molecule has 94 valence electrons. The zero-order valence-corrected chi connectivity index (χ0v) is 10.4. The summed E-state index contributed by atoms with van der Waals surface area (Å²) in [6.07, 6.45) is 8.60. The lowest BCUT2D eigenvalue weighted by Crippen LogP contribution is -2.26. The molecule has 0 saturated heterocycles. The fourth-order valence-corrected chi connectivity index (χ4v) is 1.54. The largest absolute Gasteiger partial charge is 0.401 e. The molecule has 1 aromatic heterocycles. The first-order valence-electron chi connectivity index (χ1n) is 5.51. The molecule has 0 aliphatic carbocycles. The van der Waals surface area contributed by atoms with Crippen LogP contribution in [-0.4, -0.2) is 41.4 Å². The Labute approximate surface area is 105 Å². The smallest absolute Gasteiger partial charge is 0.273 e. The Morgan fingerprint density at radius 1 is 1.39 bits per heavy atom. The molecule has 0 spiro atoms. The van der Waals surface area contributed by atoms with E-state index in [4.69, 9.17) is 5.73 Å². The van der Waals surface area contributed by atoms with Crippen LogP contribution in [0.1, 0.15) is 10.5 Å². The van der Waals surface area contributed by atoms with E-state index in [9.17, 15) is 4.79 Å². The van der Waals surface area contributed by atoms with E-state index in [-0.39, 0.29) is 5.91 Å². The number of allylic oxidation sites excluding steroid dienone is 2. The van der Waals surface area contributed by atoms with Gasteiger partial charge in [-0.15, -0.1) is 0 Å². The normalized spacial score (nSPS) is 14.3. The summed E-state index contributed by atoms with van der Waals surface area (Å²) < 4.78 is 0. The average molecular weight is 245 g/mol. The third kappa shape index (κ3) is 2.48. The highest BCUT2D eigenvalue weighted by molar-refractivity contribution is 5.91. The van der Waals surface area contributed by atoms with Gasteiger partial charge in [0.1, 0.15) is 5.69 Å². The predicted molar refractivity (Wildman–Crippen MR) is 68.8 cm³/mol. The molecule has 0 aromatic carbocycles. The molecule has 0 unspecified atom stereocenters. The van der Waals surface area contributed by atoms with Crippen LogP contribution in [0.3, 0.4) is 0 Å². The van der Waals surface area contributed by atoms with Crippen LogP contribution >= 0.6 is 0 Å². The number of carbonyl (C=O) groups is 1. The van der Waals surface area contributed by atoms with Gasteiger partial charge < -0.3 is 15.5 Å². The van der Waals surface area contributed by atoms with Gasteiger partial charge in [-0.25, -0.2) is 9.97 Å². The highest BCUT2D eigenvalue weighted by Gasteiger charge is 2.13. The Balaban J connectivity index is 2.16. The van der Waals surface area contributed by atoms with Crippen molar-refractivity contribution in [2.24, 2.45) is 5.73 Å². The van der Waals surface area contributed by atoms with E-state index in [1.165, 1.54) is 11.1 Å². The van der Waals surface area contributed by atoms with E-state index in [0.29, 0.717) is 18.1 Å². The molecule has 1 aliphatic heterocycles. The maximum absolute atomic E-state index is 11.7. The van der Waals surface area contributed by atoms with Crippen LogP contribution < -0.4 is 10.6 Å². The summed E-state index contributed by atoms with van der Waals surface area (Å²) in [6.45, 7) is 0.576. The third-order valence-electron chi connectivity index (χ3n) is 2.49. The summed E-state index contributed by atoms with van der Waals surface area (Å²) in [5.41, 5.74) is 6.82. The summed E-state index contributed by atoms with van der Waals surface area (Å²) in [5, 5.41) is 0. The lowest BCUT2D eigenvalue weighted by Gasteiger charge is -2.21. The number of hydrogen-bond donors (Lipinski definition) is 1. The number of amides is 1. The molecule has 1 amide bonds. The van der Waals surface area contributed by atoms with Crippen LogP contribution in [0.2, 0.25) is 0 Å². The van der Waals surface area contributed by atoms with E-state index in [2.05, 4.69) is 9.97 Å². The van der Waals surface area contributed by atoms with Crippen molar-refractivity contribution in [1.82, 2.24) is 14.9 Å². The fourth-order valence-electron chi connectivity index (χ4n) is 1.54. The molecule has 0 saturated carbocycles. The summed E-state index contributed by atoms with van der Waals surface area (Å²) in [6, 6.07) is 0. The Kier molecular flexibility index (Phi) is 3.27. The molecule has 2 heterocycles. The fraction of sp³-hybridized carbons (Fsp3) is 0.250. The van der Waals surface area contributed by atoms with Gasteiger partial charge in [-0.2, -0.15) is 0 Å². The van der Waals surface area contributed by atoms with E-state index in [0.717, 1.165) is 5.70 Å². The van der Waals surface area contributed by atoms with Gasteiger partial charge in [0.05, 0.1) is 18.9 Å². The Morgan fingerprint density at radius 2 is 2.17 bits per heavy atom. The molecule has 2 rings (SSSR count). The minimum absolute atomic E-state index is 0.164. The molecular weight excluding hydrogens is 230 g/mol. The molecule has 0 radical (unpaired) electrons. The van der Waals surface area contributed by atoms with Crippen LogP contribution in [0, 0.1) is 0 Å². The Hall–Kier alpha value is -2.37. The van der Waals surface area contributed by atoms with Crippen LogP contribution in [-0.2, 0) is 0 Å². The van der Waals surface area contributed by atoms with Gasteiger partial charge in [0, 0.05) is 26.0 Å². The number of rotatable bonds is 2. The number of hydrogen-bond acceptors (Lipinski definition) is 5. The minimum Gasteiger partial charge on any atom is -0.401 e. The zero-order valence-electron chi connectivity index (χ0n) is 10.4. The van der Waals surface area contributed by atoms with E-state index >= 15 is 0 Å². The molecule has 6 nitrogen and oxygen atoms in total. The molecule has 2 N–H and O–H groups in total. The summed E-state index contributed by atoms with van der Waals surface area (Å²) in [5.74, 6) is 0.500. The topological polar surface area (TPSA) is 75.4 Å². The molecule has 6 heteroatoms. The van der Waals surface area contributed by atoms with Crippen molar-refractivity contribution in [3.63, 3.8) is 0 Å². The second kappa shape index (κ2) is 4.87. The summed E-state index contributed by atoms with van der Waals surface area (Å²) in [4.78, 5) is 23.3.